The molecule has 0 amide bonds. The Balaban J connectivity index is 2.73. The summed E-state index contributed by atoms with van der Waals surface area (Å²) in [5.74, 6) is -1.21. The Morgan fingerprint density at radius 1 is 1.39 bits per heavy atom. The minimum atomic E-state index is -1.21. The third-order valence-electron chi connectivity index (χ3n) is 2.42. The van der Waals surface area contributed by atoms with Gasteiger partial charge in [-0.3, -0.25) is 0 Å². The number of carboxylic acid groups (broad SMARTS) is 1. The molecule has 0 atom stereocenters. The van der Waals surface area contributed by atoms with E-state index in [9.17, 15) is 4.79 Å². The van der Waals surface area contributed by atoms with Crippen molar-refractivity contribution >= 4 is 12.0 Å². The number of hydrogen-bond donors (Lipinski definition) is 1. The summed E-state index contributed by atoms with van der Waals surface area (Å²) in [6.07, 6.45) is 6.81. The van der Waals surface area contributed by atoms with E-state index in [0.29, 0.717) is 0 Å². The van der Waals surface area contributed by atoms with Gasteiger partial charge in [-0.05, 0) is 23.6 Å². The lowest BCUT2D eigenvalue weighted by molar-refractivity contribution is -0.132. The number of aliphatic carboxylic acids is 1. The molecule has 1 aromatic carbocycles. The maximum Gasteiger partial charge on any atom is 0.346 e. The first-order valence-electron chi connectivity index (χ1n) is 5.78. The molecule has 1 rings (SSSR count). The van der Waals surface area contributed by atoms with E-state index in [4.69, 9.17) is 10.4 Å². The van der Waals surface area contributed by atoms with Crippen LogP contribution in [0.1, 0.15) is 24.5 Å². The minimum Gasteiger partial charge on any atom is -0.477 e. The second-order valence-electron chi connectivity index (χ2n) is 3.85. The number of aryl methyl sites for hydroxylation is 1. The van der Waals surface area contributed by atoms with Gasteiger partial charge < -0.3 is 5.11 Å². The largest absolute Gasteiger partial charge is 0.477 e. The normalized spacial score (nSPS) is 11.4. The molecule has 18 heavy (non-hydrogen) atoms. The molecule has 92 valence electrons. The van der Waals surface area contributed by atoms with E-state index in [1.54, 1.807) is 18.2 Å². The highest BCUT2D eigenvalue weighted by Crippen LogP contribution is 2.08. The van der Waals surface area contributed by atoms with Crippen LogP contribution in [-0.2, 0) is 11.2 Å². The third-order valence-corrected chi connectivity index (χ3v) is 2.42. The van der Waals surface area contributed by atoms with E-state index in [-0.39, 0.29) is 5.57 Å². The quantitative estimate of drug-likeness (QED) is 0.489. The van der Waals surface area contributed by atoms with Crippen LogP contribution < -0.4 is 0 Å². The number of nitrogens with zero attached hydrogens (tertiary/aromatic N) is 1. The summed E-state index contributed by atoms with van der Waals surface area (Å²) in [7, 11) is 0. The smallest absolute Gasteiger partial charge is 0.346 e. The summed E-state index contributed by atoms with van der Waals surface area (Å²) in [4.78, 5) is 10.6. The summed E-state index contributed by atoms with van der Waals surface area (Å²) in [5.41, 5.74) is 2.00. The number of carbonyl (C=O) groups is 1. The van der Waals surface area contributed by atoms with E-state index in [1.807, 2.05) is 12.1 Å². The lowest BCUT2D eigenvalue weighted by atomic mass is 10.1. The molecule has 0 saturated carbocycles. The van der Waals surface area contributed by atoms with Crippen LogP contribution in [0.25, 0.3) is 6.08 Å². The van der Waals surface area contributed by atoms with Crippen LogP contribution in [0.3, 0.4) is 0 Å². The molecule has 3 nitrogen and oxygen atoms in total. The fraction of sp³-hybridized carbons (Fsp3) is 0.200. The lowest BCUT2D eigenvalue weighted by Crippen LogP contribution is -1.96. The Morgan fingerprint density at radius 2 is 2.06 bits per heavy atom. The van der Waals surface area contributed by atoms with Crippen molar-refractivity contribution in [3.05, 3.63) is 53.1 Å². The van der Waals surface area contributed by atoms with E-state index in [0.717, 1.165) is 18.4 Å². The van der Waals surface area contributed by atoms with Crippen LogP contribution in [0.15, 0.2) is 42.0 Å². The Bertz CT molecular complexity index is 504. The first-order valence-corrected chi connectivity index (χ1v) is 5.78. The molecule has 0 heterocycles. The average molecular weight is 241 g/mol. The summed E-state index contributed by atoms with van der Waals surface area (Å²) < 4.78 is 0. The molecule has 1 aromatic rings. The summed E-state index contributed by atoms with van der Waals surface area (Å²) in [6, 6.07) is 9.67. The second kappa shape index (κ2) is 7.08. The predicted octanol–water partition coefficient (Wildman–Crippen LogP) is 3.19. The topological polar surface area (TPSA) is 61.1 Å². The van der Waals surface area contributed by atoms with Crippen LogP contribution in [0.5, 0.6) is 0 Å². The van der Waals surface area contributed by atoms with Gasteiger partial charge in [0.2, 0.25) is 0 Å². The van der Waals surface area contributed by atoms with Gasteiger partial charge in [0.15, 0.2) is 0 Å². The summed E-state index contributed by atoms with van der Waals surface area (Å²) in [5, 5.41) is 17.2. The number of nitriles is 1. The van der Waals surface area contributed by atoms with Crippen molar-refractivity contribution < 1.29 is 9.90 Å². The third kappa shape index (κ3) is 4.26. The van der Waals surface area contributed by atoms with Crippen molar-refractivity contribution in [1.82, 2.24) is 0 Å². The van der Waals surface area contributed by atoms with Crippen molar-refractivity contribution in [2.45, 2.75) is 19.8 Å². The molecule has 0 fully saturated rings. The van der Waals surface area contributed by atoms with E-state index >= 15 is 0 Å². The number of benzene rings is 1. The number of hydrogen-bond acceptors (Lipinski definition) is 2. The molecular weight excluding hydrogens is 226 g/mol. The molecular formula is C15H15NO2. The molecule has 0 aliphatic rings. The van der Waals surface area contributed by atoms with Crippen molar-refractivity contribution in [2.75, 3.05) is 0 Å². The highest BCUT2D eigenvalue weighted by molar-refractivity contribution is 5.91. The molecule has 0 aromatic heterocycles. The molecule has 0 radical (unpaired) electrons. The van der Waals surface area contributed by atoms with Gasteiger partial charge >= 0.3 is 5.97 Å². The van der Waals surface area contributed by atoms with Gasteiger partial charge in [-0.1, -0.05) is 49.8 Å². The maximum absolute atomic E-state index is 10.6. The standard InChI is InChI=1S/C15H15NO2/c1-2-4-12-7-9-13(10-8-12)5-3-6-14(11-16)15(17)18/h3,5-10H,2,4H2,1H3,(H,17,18)/b5-3+,14-6+. The van der Waals surface area contributed by atoms with Crippen molar-refractivity contribution in [3.8, 4) is 6.07 Å². The Hall–Kier alpha value is -2.34. The van der Waals surface area contributed by atoms with Gasteiger partial charge in [0, 0.05) is 0 Å². The molecule has 0 saturated heterocycles. The van der Waals surface area contributed by atoms with Gasteiger partial charge in [0.25, 0.3) is 0 Å². The zero-order valence-electron chi connectivity index (χ0n) is 10.3. The Labute approximate surface area is 107 Å². The van der Waals surface area contributed by atoms with Crippen LogP contribution >= 0.6 is 0 Å². The predicted molar refractivity (Wildman–Crippen MR) is 70.8 cm³/mol. The average Bonchev–Trinajstić information content (AvgIpc) is 2.36. The van der Waals surface area contributed by atoms with Gasteiger partial charge in [-0.25, -0.2) is 4.79 Å². The molecule has 0 aliphatic heterocycles. The Kier molecular flexibility index (Phi) is 5.40. The molecule has 0 unspecified atom stereocenters. The molecule has 3 heteroatoms. The number of allylic oxidation sites excluding steroid dienone is 2. The lowest BCUT2D eigenvalue weighted by Gasteiger charge is -1.98. The van der Waals surface area contributed by atoms with Gasteiger partial charge in [-0.2, -0.15) is 5.26 Å². The van der Waals surface area contributed by atoms with Crippen molar-refractivity contribution in [2.24, 2.45) is 0 Å². The fourth-order valence-corrected chi connectivity index (χ4v) is 1.50. The SMILES string of the molecule is CCCc1ccc(/C=C/C=C(\C#N)C(=O)O)cc1. The Morgan fingerprint density at radius 3 is 2.56 bits per heavy atom. The van der Waals surface area contributed by atoms with Crippen LogP contribution in [-0.4, -0.2) is 11.1 Å². The van der Waals surface area contributed by atoms with Gasteiger partial charge in [0.1, 0.15) is 11.6 Å². The van der Waals surface area contributed by atoms with Crippen LogP contribution in [0.4, 0.5) is 0 Å². The molecule has 0 spiro atoms. The van der Waals surface area contributed by atoms with E-state index < -0.39 is 5.97 Å². The molecule has 1 N–H and O–H groups in total. The van der Waals surface area contributed by atoms with Gasteiger partial charge in [0.05, 0.1) is 0 Å². The highest BCUT2D eigenvalue weighted by atomic mass is 16.4. The monoisotopic (exact) mass is 241 g/mol. The van der Waals surface area contributed by atoms with Gasteiger partial charge in [-0.15, -0.1) is 0 Å². The zero-order valence-corrected chi connectivity index (χ0v) is 10.3. The first kappa shape index (κ1) is 13.7. The number of carboxylic acids is 1. The maximum atomic E-state index is 10.6. The van der Waals surface area contributed by atoms with Crippen LogP contribution in [0, 0.1) is 11.3 Å². The highest BCUT2D eigenvalue weighted by Gasteiger charge is 2.02. The van der Waals surface area contributed by atoms with Crippen molar-refractivity contribution in [3.63, 3.8) is 0 Å². The van der Waals surface area contributed by atoms with E-state index in [1.165, 1.54) is 11.6 Å². The molecule has 0 aliphatic carbocycles. The van der Waals surface area contributed by atoms with Crippen molar-refractivity contribution in [1.29, 1.82) is 5.26 Å². The fourth-order valence-electron chi connectivity index (χ4n) is 1.50. The molecule has 0 bridgehead atoms. The zero-order chi connectivity index (χ0) is 13.4. The van der Waals surface area contributed by atoms with Crippen LogP contribution in [0.2, 0.25) is 0 Å². The first-order chi connectivity index (χ1) is 8.67. The number of rotatable bonds is 5. The summed E-state index contributed by atoms with van der Waals surface area (Å²) >= 11 is 0. The van der Waals surface area contributed by atoms with E-state index in [2.05, 4.69) is 19.1 Å². The minimum absolute atomic E-state index is 0.270. The summed E-state index contributed by atoms with van der Waals surface area (Å²) in [6.45, 7) is 2.13. The second-order valence-corrected chi connectivity index (χ2v) is 3.85.